The number of methoxy groups -OCH3 is 1. The number of carboxylic acid groups (broad SMARTS) is 1. The van der Waals surface area contributed by atoms with Gasteiger partial charge < -0.3 is 9.84 Å². The van der Waals surface area contributed by atoms with Gasteiger partial charge in [-0.15, -0.1) is 0 Å². The zero-order valence-electron chi connectivity index (χ0n) is 13.7. The summed E-state index contributed by atoms with van der Waals surface area (Å²) in [4.78, 5) is 13.6. The number of hydrogen-bond acceptors (Lipinski definition) is 2. The number of carbonyl (C=O) groups is 1. The van der Waals surface area contributed by atoms with Crippen molar-refractivity contribution in [2.24, 2.45) is 5.92 Å². The van der Waals surface area contributed by atoms with Crippen molar-refractivity contribution in [3.63, 3.8) is 0 Å². The molecule has 2 saturated carbocycles. The molecule has 0 aliphatic heterocycles. The van der Waals surface area contributed by atoms with Crippen LogP contribution in [0.5, 0.6) is 0 Å². The Kier molecular flexibility index (Phi) is 4.88. The predicted octanol–water partition coefficient (Wildman–Crippen LogP) is 4.46. The number of ether oxygens (including phenoxy) is 1. The lowest BCUT2D eigenvalue weighted by Crippen LogP contribution is -2.55. The average Bonchev–Trinajstić information content (AvgIpc) is 3.11. The van der Waals surface area contributed by atoms with E-state index in [2.05, 4.69) is 46.9 Å². The molecule has 5 heteroatoms. The fraction of sp³-hybridized carbons (Fsp3) is 0.611. The molecule has 0 aromatic heterocycles. The second-order valence-electron chi connectivity index (χ2n) is 6.78. The van der Waals surface area contributed by atoms with E-state index in [0.29, 0.717) is 12.3 Å². The van der Waals surface area contributed by atoms with E-state index in [9.17, 15) is 9.90 Å². The summed E-state index contributed by atoms with van der Waals surface area (Å²) in [5.41, 5.74) is 1.27. The number of hydrogen-bond donors (Lipinski definition) is 1. The van der Waals surface area contributed by atoms with Crippen LogP contribution < -0.4 is 0 Å². The molecule has 0 spiro atoms. The first-order valence-corrected chi connectivity index (χ1v) is 9.40. The molecular weight excluding hydrogens is 405 g/mol. The number of fused-ring (bicyclic) bond motifs is 2. The van der Waals surface area contributed by atoms with Crippen LogP contribution in [0, 0.1) is 9.49 Å². The maximum atomic E-state index is 12.0. The largest absolute Gasteiger partial charge is 0.465 e. The van der Waals surface area contributed by atoms with E-state index in [1.54, 1.807) is 12.0 Å². The van der Waals surface area contributed by atoms with Crippen LogP contribution in [0.3, 0.4) is 0 Å². The molecule has 4 atom stereocenters. The summed E-state index contributed by atoms with van der Waals surface area (Å²) in [6.07, 6.45) is 3.78. The van der Waals surface area contributed by atoms with Gasteiger partial charge in [0.05, 0.1) is 0 Å². The Morgan fingerprint density at radius 1 is 1.52 bits per heavy atom. The summed E-state index contributed by atoms with van der Waals surface area (Å²) >= 11 is 2.39. The molecule has 1 aromatic rings. The molecule has 2 bridgehead atoms. The predicted molar refractivity (Wildman–Crippen MR) is 97.5 cm³/mol. The van der Waals surface area contributed by atoms with Crippen LogP contribution in [0.4, 0.5) is 4.79 Å². The summed E-state index contributed by atoms with van der Waals surface area (Å²) in [7, 11) is 1.61. The summed E-state index contributed by atoms with van der Waals surface area (Å²) in [5, 5.41) is 9.87. The van der Waals surface area contributed by atoms with Gasteiger partial charge in [-0.2, -0.15) is 0 Å². The van der Waals surface area contributed by atoms with Crippen LogP contribution in [-0.4, -0.2) is 35.5 Å². The molecule has 3 rings (SSSR count). The first-order chi connectivity index (χ1) is 11.0. The van der Waals surface area contributed by atoms with Gasteiger partial charge in [0.15, 0.2) is 0 Å². The van der Waals surface area contributed by atoms with Gasteiger partial charge in [-0.1, -0.05) is 25.1 Å². The van der Waals surface area contributed by atoms with Crippen molar-refractivity contribution in [1.29, 1.82) is 0 Å². The SMILES string of the molecule is CCC(OC)N(C(=O)O)[C@H]1CC2CC[C@@]1(c1ccccc1I)C2. The smallest absolute Gasteiger partial charge is 0.409 e. The number of amides is 1. The molecule has 2 fully saturated rings. The van der Waals surface area contributed by atoms with Crippen molar-refractivity contribution in [1.82, 2.24) is 4.90 Å². The molecule has 23 heavy (non-hydrogen) atoms. The molecule has 0 saturated heterocycles. The van der Waals surface area contributed by atoms with Gasteiger partial charge in [-0.25, -0.2) is 4.79 Å². The van der Waals surface area contributed by atoms with Crippen molar-refractivity contribution in [3.8, 4) is 0 Å². The first-order valence-electron chi connectivity index (χ1n) is 8.32. The van der Waals surface area contributed by atoms with E-state index in [0.717, 1.165) is 19.3 Å². The normalized spacial score (nSPS) is 30.4. The number of nitrogens with zero attached hydrogens (tertiary/aromatic N) is 1. The molecule has 1 amide bonds. The average molecular weight is 429 g/mol. The van der Waals surface area contributed by atoms with Gasteiger partial charge in [0.1, 0.15) is 6.23 Å². The molecule has 1 N–H and O–H groups in total. The van der Waals surface area contributed by atoms with E-state index in [1.807, 2.05) is 6.92 Å². The molecule has 0 heterocycles. The zero-order valence-corrected chi connectivity index (χ0v) is 15.8. The van der Waals surface area contributed by atoms with E-state index < -0.39 is 6.09 Å². The van der Waals surface area contributed by atoms with E-state index in [4.69, 9.17) is 4.74 Å². The van der Waals surface area contributed by atoms with Gasteiger partial charge in [-0.3, -0.25) is 4.90 Å². The lowest BCUT2D eigenvalue weighted by atomic mass is 9.73. The van der Waals surface area contributed by atoms with Crippen molar-refractivity contribution in [2.45, 2.75) is 56.7 Å². The zero-order chi connectivity index (χ0) is 16.6. The highest BCUT2D eigenvalue weighted by molar-refractivity contribution is 14.1. The summed E-state index contributed by atoms with van der Waals surface area (Å²) in [6, 6.07) is 8.47. The van der Waals surface area contributed by atoms with Crippen molar-refractivity contribution < 1.29 is 14.6 Å². The van der Waals surface area contributed by atoms with Crippen LogP contribution >= 0.6 is 22.6 Å². The number of benzene rings is 1. The van der Waals surface area contributed by atoms with Crippen LogP contribution in [0.25, 0.3) is 0 Å². The van der Waals surface area contributed by atoms with Crippen molar-refractivity contribution in [2.75, 3.05) is 7.11 Å². The molecular formula is C18H24INO3. The third kappa shape index (κ3) is 2.76. The second kappa shape index (κ2) is 6.59. The minimum Gasteiger partial charge on any atom is -0.465 e. The fourth-order valence-corrected chi connectivity index (χ4v) is 5.75. The Morgan fingerprint density at radius 3 is 2.83 bits per heavy atom. The van der Waals surface area contributed by atoms with Gasteiger partial charge in [0.2, 0.25) is 0 Å². The second-order valence-corrected chi connectivity index (χ2v) is 7.95. The third-order valence-corrected chi connectivity index (χ3v) is 6.69. The molecule has 2 aliphatic carbocycles. The van der Waals surface area contributed by atoms with E-state index in [-0.39, 0.29) is 17.7 Å². The molecule has 2 unspecified atom stereocenters. The van der Waals surface area contributed by atoms with Crippen LogP contribution in [0.1, 0.15) is 44.6 Å². The Balaban J connectivity index is 2.04. The summed E-state index contributed by atoms with van der Waals surface area (Å²) in [5.74, 6) is 0.632. The Labute approximate surface area is 151 Å². The third-order valence-electron chi connectivity index (χ3n) is 5.74. The van der Waals surface area contributed by atoms with Gasteiger partial charge >= 0.3 is 6.09 Å². The van der Waals surface area contributed by atoms with Crippen molar-refractivity contribution >= 4 is 28.7 Å². The Bertz CT molecular complexity index is 589. The quantitative estimate of drug-likeness (QED) is 0.556. The van der Waals surface area contributed by atoms with Crippen LogP contribution in [0.15, 0.2) is 24.3 Å². The lowest BCUT2D eigenvalue weighted by Gasteiger charge is -2.44. The molecule has 0 radical (unpaired) electrons. The maximum absolute atomic E-state index is 12.0. The van der Waals surface area contributed by atoms with Gasteiger partial charge in [-0.05, 0) is 72.2 Å². The van der Waals surface area contributed by atoms with E-state index >= 15 is 0 Å². The highest BCUT2D eigenvalue weighted by Gasteiger charge is 2.57. The number of halogens is 1. The van der Waals surface area contributed by atoms with E-state index in [1.165, 1.54) is 15.6 Å². The summed E-state index contributed by atoms with van der Waals surface area (Å²) in [6.45, 7) is 1.98. The summed E-state index contributed by atoms with van der Waals surface area (Å²) < 4.78 is 6.74. The maximum Gasteiger partial charge on any atom is 0.409 e. The van der Waals surface area contributed by atoms with Crippen molar-refractivity contribution in [3.05, 3.63) is 33.4 Å². The topological polar surface area (TPSA) is 49.8 Å². The van der Waals surface area contributed by atoms with Gasteiger partial charge in [0.25, 0.3) is 0 Å². The first kappa shape index (κ1) is 17.0. The fourth-order valence-electron chi connectivity index (χ4n) is 4.83. The van der Waals surface area contributed by atoms with Crippen LogP contribution in [0.2, 0.25) is 0 Å². The molecule has 2 aliphatic rings. The Morgan fingerprint density at radius 2 is 2.26 bits per heavy atom. The highest BCUT2D eigenvalue weighted by atomic mass is 127. The standard InChI is InChI=1S/C18H24INO3/c1-3-16(23-2)20(17(21)22)15-10-12-8-9-18(15,11-12)13-6-4-5-7-14(13)19/h4-7,12,15-16H,3,8-11H2,1-2H3,(H,21,22)/t12?,15-,16?,18-/m0/s1. The van der Waals surface area contributed by atoms with Crippen LogP contribution in [-0.2, 0) is 10.2 Å². The Hall–Kier alpha value is -0.820. The molecule has 1 aromatic carbocycles. The molecule has 4 nitrogen and oxygen atoms in total. The van der Waals surface area contributed by atoms with Gasteiger partial charge in [0, 0.05) is 22.1 Å². The minimum absolute atomic E-state index is 0.0135. The number of rotatable bonds is 5. The lowest BCUT2D eigenvalue weighted by molar-refractivity contribution is -0.0575. The monoisotopic (exact) mass is 429 g/mol. The highest BCUT2D eigenvalue weighted by Crippen LogP contribution is 2.58. The molecule has 126 valence electrons. The minimum atomic E-state index is -0.860.